The number of fused-ring (bicyclic) bond motifs is 1. The van der Waals surface area contributed by atoms with Gasteiger partial charge in [-0.05, 0) is 18.6 Å². The summed E-state index contributed by atoms with van der Waals surface area (Å²) in [6.45, 7) is 0. The lowest BCUT2D eigenvalue weighted by Gasteiger charge is -2.16. The molecule has 2 fully saturated rings. The zero-order valence-corrected chi connectivity index (χ0v) is 8.03. The van der Waals surface area contributed by atoms with Crippen LogP contribution in [0.2, 0.25) is 5.15 Å². The number of anilines is 1. The molecule has 0 spiro atoms. The number of pyridine rings is 1. The van der Waals surface area contributed by atoms with Gasteiger partial charge in [0.25, 0.3) is 0 Å². The number of rotatable bonds is 1. The van der Waals surface area contributed by atoms with E-state index in [1.54, 1.807) is 23.2 Å². The van der Waals surface area contributed by atoms with E-state index in [2.05, 4.69) is 10.3 Å². The van der Waals surface area contributed by atoms with Gasteiger partial charge in [0.1, 0.15) is 5.15 Å². The van der Waals surface area contributed by atoms with Crippen molar-refractivity contribution in [1.82, 2.24) is 10.3 Å². The van der Waals surface area contributed by atoms with Crippen molar-refractivity contribution in [2.75, 3.05) is 4.90 Å². The van der Waals surface area contributed by atoms with Crippen molar-refractivity contribution in [1.29, 1.82) is 0 Å². The molecule has 1 aliphatic carbocycles. The third kappa shape index (κ3) is 1.07. The Morgan fingerprint density at radius 1 is 1.64 bits per heavy atom. The predicted octanol–water partition coefficient (Wildman–Crippen LogP) is 1.41. The highest BCUT2D eigenvalue weighted by molar-refractivity contribution is 6.29. The van der Waals surface area contributed by atoms with Crippen molar-refractivity contribution >= 4 is 23.3 Å². The second kappa shape index (κ2) is 2.60. The summed E-state index contributed by atoms with van der Waals surface area (Å²) in [7, 11) is 0. The summed E-state index contributed by atoms with van der Waals surface area (Å²) in [6.07, 6.45) is 2.65. The van der Waals surface area contributed by atoms with E-state index >= 15 is 0 Å². The molecule has 1 aromatic heterocycles. The van der Waals surface area contributed by atoms with Crippen LogP contribution in [0.5, 0.6) is 0 Å². The van der Waals surface area contributed by atoms with Gasteiger partial charge in [-0.25, -0.2) is 9.78 Å². The SMILES string of the molecule is O=C1N[C@H]2C[C@H]2N1c1ccnc(Cl)c1. The van der Waals surface area contributed by atoms with Crippen molar-refractivity contribution in [3.63, 3.8) is 0 Å². The smallest absolute Gasteiger partial charge is 0.322 e. The number of carbonyl (C=O) groups excluding carboxylic acids is 1. The van der Waals surface area contributed by atoms with E-state index in [-0.39, 0.29) is 6.03 Å². The van der Waals surface area contributed by atoms with Crippen LogP contribution in [-0.4, -0.2) is 23.1 Å². The van der Waals surface area contributed by atoms with Gasteiger partial charge in [0.05, 0.1) is 17.8 Å². The van der Waals surface area contributed by atoms with Crippen LogP contribution in [-0.2, 0) is 0 Å². The molecular formula is C9H8ClN3O. The number of urea groups is 1. The minimum atomic E-state index is -0.0338. The zero-order valence-electron chi connectivity index (χ0n) is 7.27. The fourth-order valence-electron chi connectivity index (χ4n) is 1.85. The molecule has 5 heteroatoms. The Morgan fingerprint density at radius 2 is 2.50 bits per heavy atom. The molecule has 1 aromatic rings. The van der Waals surface area contributed by atoms with Crippen molar-refractivity contribution < 1.29 is 4.79 Å². The first-order valence-corrected chi connectivity index (χ1v) is 4.85. The van der Waals surface area contributed by atoms with E-state index in [9.17, 15) is 4.79 Å². The first-order chi connectivity index (χ1) is 6.75. The number of hydrogen-bond acceptors (Lipinski definition) is 2. The largest absolute Gasteiger partial charge is 0.333 e. The number of aromatic nitrogens is 1. The second-order valence-electron chi connectivity index (χ2n) is 3.57. The Hall–Kier alpha value is -1.29. The number of hydrogen-bond donors (Lipinski definition) is 1. The minimum Gasteiger partial charge on any atom is -0.333 e. The Bertz CT molecular complexity index is 409. The number of nitrogens with zero attached hydrogens (tertiary/aromatic N) is 2. The summed E-state index contributed by atoms with van der Waals surface area (Å²) in [4.78, 5) is 17.1. The fourth-order valence-corrected chi connectivity index (χ4v) is 2.02. The van der Waals surface area contributed by atoms with Gasteiger partial charge in [0, 0.05) is 6.20 Å². The van der Waals surface area contributed by atoms with Gasteiger partial charge in [-0.2, -0.15) is 0 Å². The first-order valence-electron chi connectivity index (χ1n) is 4.47. The van der Waals surface area contributed by atoms with E-state index in [4.69, 9.17) is 11.6 Å². The summed E-state index contributed by atoms with van der Waals surface area (Å²) in [5, 5.41) is 3.30. The Morgan fingerprint density at radius 3 is 3.14 bits per heavy atom. The van der Waals surface area contributed by atoms with E-state index in [1.165, 1.54) is 0 Å². The van der Waals surface area contributed by atoms with Gasteiger partial charge in [-0.1, -0.05) is 11.6 Å². The van der Waals surface area contributed by atoms with Crippen LogP contribution < -0.4 is 10.2 Å². The lowest BCUT2D eigenvalue weighted by Crippen LogP contribution is -2.33. The summed E-state index contributed by atoms with van der Waals surface area (Å²) in [6, 6.07) is 4.14. The van der Waals surface area contributed by atoms with E-state index in [0.717, 1.165) is 12.1 Å². The maximum Gasteiger partial charge on any atom is 0.322 e. The monoisotopic (exact) mass is 209 g/mol. The number of nitrogens with one attached hydrogen (secondary N) is 1. The van der Waals surface area contributed by atoms with E-state index in [1.807, 2.05) is 0 Å². The third-order valence-corrected chi connectivity index (χ3v) is 2.81. The maximum absolute atomic E-state index is 11.5. The first kappa shape index (κ1) is 8.05. The maximum atomic E-state index is 11.5. The van der Waals surface area contributed by atoms with Gasteiger partial charge >= 0.3 is 6.03 Å². The number of halogens is 1. The van der Waals surface area contributed by atoms with Crippen LogP contribution in [0.3, 0.4) is 0 Å². The van der Waals surface area contributed by atoms with E-state index < -0.39 is 0 Å². The molecule has 2 atom stereocenters. The van der Waals surface area contributed by atoms with Crippen molar-refractivity contribution in [2.45, 2.75) is 18.5 Å². The molecule has 1 saturated carbocycles. The molecule has 72 valence electrons. The van der Waals surface area contributed by atoms with E-state index in [0.29, 0.717) is 17.2 Å². The van der Waals surface area contributed by atoms with Crippen LogP contribution in [0.4, 0.5) is 10.5 Å². The Kier molecular flexibility index (Phi) is 1.50. The number of amides is 2. The van der Waals surface area contributed by atoms with Gasteiger partial charge in [0.2, 0.25) is 0 Å². The molecule has 0 bridgehead atoms. The lowest BCUT2D eigenvalue weighted by atomic mass is 10.3. The highest BCUT2D eigenvalue weighted by Crippen LogP contribution is 2.37. The molecule has 1 N–H and O–H groups in total. The van der Waals surface area contributed by atoms with Gasteiger partial charge in [-0.3, -0.25) is 4.90 Å². The fraction of sp³-hybridized carbons (Fsp3) is 0.333. The summed E-state index contributed by atoms with van der Waals surface area (Å²) >= 11 is 5.76. The van der Waals surface area contributed by atoms with Crippen molar-refractivity contribution in [3.8, 4) is 0 Å². The summed E-state index contributed by atoms with van der Waals surface area (Å²) < 4.78 is 0. The molecule has 14 heavy (non-hydrogen) atoms. The van der Waals surface area contributed by atoms with Crippen molar-refractivity contribution in [3.05, 3.63) is 23.5 Å². The van der Waals surface area contributed by atoms with Crippen molar-refractivity contribution in [2.24, 2.45) is 0 Å². The van der Waals surface area contributed by atoms with Crippen LogP contribution in [0.1, 0.15) is 6.42 Å². The van der Waals surface area contributed by atoms with Gasteiger partial charge in [-0.15, -0.1) is 0 Å². The molecule has 2 amide bonds. The summed E-state index contributed by atoms with van der Waals surface area (Å²) in [5.41, 5.74) is 0.826. The Labute approximate surface area is 85.9 Å². The Balaban J connectivity index is 1.98. The number of carbonyl (C=O) groups is 1. The minimum absolute atomic E-state index is 0.0338. The molecule has 0 radical (unpaired) electrons. The molecule has 3 rings (SSSR count). The normalized spacial score (nSPS) is 28.6. The van der Waals surface area contributed by atoms with Gasteiger partial charge in [0.15, 0.2) is 0 Å². The molecule has 1 saturated heterocycles. The molecule has 2 aliphatic rings. The van der Waals surface area contributed by atoms with Crippen LogP contribution >= 0.6 is 11.6 Å². The molecule has 0 unspecified atom stereocenters. The highest BCUT2D eigenvalue weighted by Gasteiger charge is 2.52. The molecule has 2 heterocycles. The molecule has 1 aliphatic heterocycles. The van der Waals surface area contributed by atoms with Gasteiger partial charge < -0.3 is 5.32 Å². The molecule has 4 nitrogen and oxygen atoms in total. The zero-order chi connectivity index (χ0) is 9.71. The van der Waals surface area contributed by atoms with Crippen LogP contribution in [0.15, 0.2) is 18.3 Å². The average Bonchev–Trinajstić information content (AvgIpc) is 2.78. The second-order valence-corrected chi connectivity index (χ2v) is 3.95. The average molecular weight is 210 g/mol. The molecule has 0 aromatic carbocycles. The topological polar surface area (TPSA) is 45.2 Å². The standard InChI is InChI=1S/C9H8ClN3O/c10-8-3-5(1-2-11-8)13-7-4-6(7)12-9(13)14/h1-3,6-7H,4H2,(H,12,14)/t6-,7+/m0/s1. The predicted molar refractivity (Wildman–Crippen MR) is 52.5 cm³/mol. The van der Waals surface area contributed by atoms with Crippen LogP contribution in [0.25, 0.3) is 0 Å². The van der Waals surface area contributed by atoms with Crippen LogP contribution in [0, 0.1) is 0 Å². The quantitative estimate of drug-likeness (QED) is 0.711. The highest BCUT2D eigenvalue weighted by atomic mass is 35.5. The molecular weight excluding hydrogens is 202 g/mol. The summed E-state index contributed by atoms with van der Waals surface area (Å²) in [5.74, 6) is 0. The third-order valence-electron chi connectivity index (χ3n) is 2.60. The lowest BCUT2D eigenvalue weighted by molar-refractivity contribution is 0.249.